The van der Waals surface area contributed by atoms with Crippen LogP contribution in [0.2, 0.25) is 0 Å². The van der Waals surface area contributed by atoms with Crippen LogP contribution in [-0.2, 0) is 10.0 Å². The average Bonchev–Trinajstić information content (AvgIpc) is 3.03. The molecule has 0 N–H and O–H groups in total. The highest BCUT2D eigenvalue weighted by atomic mass is 32.2. The van der Waals surface area contributed by atoms with Crippen LogP contribution in [0.3, 0.4) is 0 Å². The molecule has 0 amide bonds. The fraction of sp³-hybridized carbons (Fsp3) is 0.650. The minimum absolute atomic E-state index is 0.00531. The van der Waals surface area contributed by atoms with Crippen LogP contribution in [0, 0.1) is 0 Å². The molecule has 0 saturated carbocycles. The summed E-state index contributed by atoms with van der Waals surface area (Å²) < 4.78 is 33.8. The van der Waals surface area contributed by atoms with Crippen LogP contribution in [0.25, 0.3) is 0 Å². The quantitative estimate of drug-likeness (QED) is 0.694. The van der Waals surface area contributed by atoms with Crippen molar-refractivity contribution in [2.45, 2.75) is 44.0 Å². The molecular weight excluding hydrogens is 376 g/mol. The third-order valence-corrected chi connectivity index (χ3v) is 7.35. The lowest BCUT2D eigenvalue weighted by molar-refractivity contribution is 0.222. The third kappa shape index (κ3) is 4.34. The number of likely N-dealkylation sites (N-methyl/N-ethyl adjacent to an activating group) is 1. The van der Waals surface area contributed by atoms with Crippen molar-refractivity contribution in [3.63, 3.8) is 0 Å². The van der Waals surface area contributed by atoms with Crippen LogP contribution in [0.4, 0.5) is 0 Å². The fourth-order valence-corrected chi connectivity index (χ4v) is 5.31. The highest BCUT2D eigenvalue weighted by molar-refractivity contribution is 7.89. The first kappa shape index (κ1) is 21.1. The van der Waals surface area contributed by atoms with Gasteiger partial charge < -0.3 is 9.64 Å². The number of ether oxygens (including phenoxy) is 1. The van der Waals surface area contributed by atoms with Gasteiger partial charge in [0.05, 0.1) is 17.5 Å². The van der Waals surface area contributed by atoms with Crippen molar-refractivity contribution < 1.29 is 13.2 Å². The van der Waals surface area contributed by atoms with Crippen LogP contribution < -0.4 is 4.74 Å². The SMILES string of the molecule is CCCC1=NN(C)C(c2cc(S(=O)(=O)N3CCN(C)CC3)ccc2OCC)C1. The summed E-state index contributed by atoms with van der Waals surface area (Å²) in [4.78, 5) is 2.49. The van der Waals surface area contributed by atoms with E-state index in [0.29, 0.717) is 24.6 Å². The second-order valence-corrected chi connectivity index (χ2v) is 9.49. The van der Waals surface area contributed by atoms with E-state index in [0.717, 1.165) is 49.4 Å². The molecule has 28 heavy (non-hydrogen) atoms. The monoisotopic (exact) mass is 408 g/mol. The topological polar surface area (TPSA) is 65.5 Å². The summed E-state index contributed by atoms with van der Waals surface area (Å²) in [7, 11) is 0.450. The molecule has 2 heterocycles. The van der Waals surface area contributed by atoms with E-state index in [-0.39, 0.29) is 6.04 Å². The third-order valence-electron chi connectivity index (χ3n) is 5.46. The van der Waals surface area contributed by atoms with Gasteiger partial charge in [-0.2, -0.15) is 9.41 Å². The van der Waals surface area contributed by atoms with Gasteiger partial charge in [-0.25, -0.2) is 8.42 Å². The molecule has 7 nitrogen and oxygen atoms in total. The zero-order valence-electron chi connectivity index (χ0n) is 17.4. The normalized spacial score (nSPS) is 21.8. The van der Waals surface area contributed by atoms with Gasteiger partial charge in [0.2, 0.25) is 10.0 Å². The Kier molecular flexibility index (Phi) is 6.62. The molecule has 3 rings (SSSR count). The van der Waals surface area contributed by atoms with Gasteiger partial charge >= 0.3 is 0 Å². The zero-order valence-corrected chi connectivity index (χ0v) is 18.2. The van der Waals surface area contributed by atoms with Gasteiger partial charge in [-0.15, -0.1) is 0 Å². The summed E-state index contributed by atoms with van der Waals surface area (Å²) in [6, 6.07) is 5.27. The van der Waals surface area contributed by atoms with E-state index in [4.69, 9.17) is 4.74 Å². The Labute approximate surface area is 169 Å². The highest BCUT2D eigenvalue weighted by Gasteiger charge is 2.32. The Morgan fingerprint density at radius 1 is 1.14 bits per heavy atom. The molecule has 0 aliphatic carbocycles. The first-order valence-electron chi connectivity index (χ1n) is 10.1. The van der Waals surface area contributed by atoms with Gasteiger partial charge in [-0.05, 0) is 38.6 Å². The first-order chi connectivity index (χ1) is 13.4. The summed E-state index contributed by atoms with van der Waals surface area (Å²) in [6.45, 7) is 7.17. The molecule has 1 aromatic rings. The van der Waals surface area contributed by atoms with Gasteiger partial charge in [0, 0.05) is 50.9 Å². The number of hydrogen-bond acceptors (Lipinski definition) is 6. The molecule has 8 heteroatoms. The van der Waals surface area contributed by atoms with Crippen molar-refractivity contribution in [2.75, 3.05) is 46.9 Å². The van der Waals surface area contributed by atoms with Crippen molar-refractivity contribution in [2.24, 2.45) is 5.10 Å². The lowest BCUT2D eigenvalue weighted by atomic mass is 9.99. The maximum absolute atomic E-state index is 13.2. The minimum Gasteiger partial charge on any atom is -0.494 e. The molecule has 0 spiro atoms. The number of benzene rings is 1. The molecule has 1 atom stereocenters. The molecular formula is C20H32N4O3S. The van der Waals surface area contributed by atoms with Gasteiger partial charge in [0.25, 0.3) is 0 Å². The summed E-state index contributed by atoms with van der Waals surface area (Å²) in [6.07, 6.45) is 2.82. The predicted molar refractivity (Wildman–Crippen MR) is 111 cm³/mol. The maximum atomic E-state index is 13.2. The van der Waals surface area contributed by atoms with Crippen molar-refractivity contribution in [1.29, 1.82) is 0 Å². The predicted octanol–water partition coefficient (Wildman–Crippen LogP) is 2.55. The molecule has 2 aliphatic rings. The van der Waals surface area contributed by atoms with Gasteiger partial charge in [-0.1, -0.05) is 13.3 Å². The fourth-order valence-electron chi connectivity index (χ4n) is 3.85. The van der Waals surface area contributed by atoms with Gasteiger partial charge in [-0.3, -0.25) is 5.01 Å². The number of sulfonamides is 1. The van der Waals surface area contributed by atoms with Crippen LogP contribution in [-0.4, -0.2) is 75.2 Å². The first-order valence-corrected chi connectivity index (χ1v) is 11.6. The lowest BCUT2D eigenvalue weighted by Gasteiger charge is -2.32. The molecule has 0 aromatic heterocycles. The standard InChI is InChI=1S/C20H32N4O3S/c1-5-7-16-14-19(23(4)21-16)18-15-17(8-9-20(18)27-6-2)28(25,26)24-12-10-22(3)11-13-24/h8-9,15,19H,5-7,10-14H2,1-4H3. The highest BCUT2D eigenvalue weighted by Crippen LogP contribution is 2.37. The second-order valence-electron chi connectivity index (χ2n) is 7.55. The Morgan fingerprint density at radius 3 is 2.50 bits per heavy atom. The number of nitrogens with zero attached hydrogens (tertiary/aromatic N) is 4. The molecule has 0 bridgehead atoms. The molecule has 2 aliphatic heterocycles. The molecule has 0 radical (unpaired) electrons. The smallest absolute Gasteiger partial charge is 0.243 e. The molecule has 1 aromatic carbocycles. The minimum atomic E-state index is -3.52. The van der Waals surface area contributed by atoms with E-state index in [2.05, 4.69) is 16.9 Å². The molecule has 1 saturated heterocycles. The Bertz CT molecular complexity index is 817. The average molecular weight is 409 g/mol. The Morgan fingerprint density at radius 2 is 1.86 bits per heavy atom. The summed E-state index contributed by atoms with van der Waals surface area (Å²) in [5, 5.41) is 6.60. The second kappa shape index (κ2) is 8.80. The van der Waals surface area contributed by atoms with Crippen LogP contribution in [0.15, 0.2) is 28.2 Å². The molecule has 1 fully saturated rings. The van der Waals surface area contributed by atoms with Crippen LogP contribution in [0.1, 0.15) is 44.7 Å². The lowest BCUT2D eigenvalue weighted by Crippen LogP contribution is -2.47. The Hall–Kier alpha value is -1.64. The molecule has 1 unspecified atom stereocenters. The zero-order chi connectivity index (χ0) is 20.3. The molecule has 156 valence electrons. The van der Waals surface area contributed by atoms with Crippen molar-refractivity contribution in [3.8, 4) is 5.75 Å². The van der Waals surface area contributed by atoms with Gasteiger partial charge in [0.15, 0.2) is 0 Å². The van der Waals surface area contributed by atoms with E-state index < -0.39 is 10.0 Å². The summed E-state index contributed by atoms with van der Waals surface area (Å²) in [5.41, 5.74) is 2.05. The van der Waals surface area contributed by atoms with E-state index in [1.165, 1.54) is 0 Å². The van der Waals surface area contributed by atoms with E-state index in [1.54, 1.807) is 22.5 Å². The summed E-state index contributed by atoms with van der Waals surface area (Å²) in [5.74, 6) is 0.740. The maximum Gasteiger partial charge on any atom is 0.243 e. The van der Waals surface area contributed by atoms with E-state index in [1.807, 2.05) is 26.0 Å². The Balaban J connectivity index is 1.92. The van der Waals surface area contributed by atoms with Crippen molar-refractivity contribution in [3.05, 3.63) is 23.8 Å². The van der Waals surface area contributed by atoms with Crippen molar-refractivity contribution >= 4 is 15.7 Å². The summed E-state index contributed by atoms with van der Waals surface area (Å²) >= 11 is 0. The number of hydrogen-bond donors (Lipinski definition) is 0. The number of piperazine rings is 1. The van der Waals surface area contributed by atoms with Gasteiger partial charge in [0.1, 0.15) is 5.75 Å². The van der Waals surface area contributed by atoms with Crippen molar-refractivity contribution in [1.82, 2.24) is 14.2 Å². The van der Waals surface area contributed by atoms with E-state index >= 15 is 0 Å². The van der Waals surface area contributed by atoms with Crippen LogP contribution in [0.5, 0.6) is 5.75 Å². The number of rotatable bonds is 7. The van der Waals surface area contributed by atoms with E-state index in [9.17, 15) is 8.42 Å². The van der Waals surface area contributed by atoms with Crippen LogP contribution >= 0.6 is 0 Å². The largest absolute Gasteiger partial charge is 0.494 e. The number of hydrazone groups is 1.